The molecule has 2 aliphatic rings. The van der Waals surface area contributed by atoms with Gasteiger partial charge in [0.15, 0.2) is 0 Å². The van der Waals surface area contributed by atoms with E-state index in [-0.39, 0.29) is 35.5 Å². The van der Waals surface area contributed by atoms with Gasteiger partial charge in [-0.1, -0.05) is 46.9 Å². The maximum absolute atomic E-state index is 12.3. The zero-order chi connectivity index (χ0) is 17.6. The fourth-order valence-corrected chi connectivity index (χ4v) is 4.32. The zero-order valence-corrected chi connectivity index (χ0v) is 13.0. The van der Waals surface area contributed by atoms with Crippen molar-refractivity contribution in [1.82, 2.24) is 0 Å². The molecule has 4 atom stereocenters. The van der Waals surface area contributed by atoms with E-state index in [1.807, 2.05) is 20.8 Å². The molecule has 2 rings (SSSR count). The van der Waals surface area contributed by atoms with Crippen LogP contribution in [0.2, 0.25) is 0 Å². The Labute approximate surface area is 125 Å². The number of hydrogen-bond acceptors (Lipinski definition) is 1. The highest BCUT2D eigenvalue weighted by Gasteiger charge is 2.52. The highest BCUT2D eigenvalue weighted by Crippen LogP contribution is 2.57. The molecule has 0 amide bonds. The van der Waals surface area contributed by atoms with E-state index in [1.165, 1.54) is 0 Å². The average Bonchev–Trinajstić information content (AvgIpc) is 2.74. The van der Waals surface area contributed by atoms with Crippen LogP contribution in [0.25, 0.3) is 0 Å². The summed E-state index contributed by atoms with van der Waals surface area (Å²) in [5.74, 6) is 0.247. The predicted octanol–water partition coefficient (Wildman–Crippen LogP) is 5.23. The van der Waals surface area contributed by atoms with Crippen LogP contribution in [-0.4, -0.2) is 5.78 Å². The fraction of sp³-hybridized carbons (Fsp3) is 0.944. The molecule has 0 aromatic carbocycles. The quantitative estimate of drug-likeness (QED) is 0.667. The van der Waals surface area contributed by atoms with Crippen LogP contribution in [0.5, 0.6) is 0 Å². The van der Waals surface area contributed by atoms with Gasteiger partial charge in [-0.25, -0.2) is 0 Å². The highest BCUT2D eigenvalue weighted by atomic mass is 16.1. The van der Waals surface area contributed by atoms with Crippen molar-refractivity contribution >= 4 is 5.78 Å². The number of hydrogen-bond donors (Lipinski definition) is 0. The molecule has 0 aliphatic heterocycles. The maximum atomic E-state index is 12.3. The van der Waals surface area contributed by atoms with Crippen molar-refractivity contribution in [3.8, 4) is 0 Å². The van der Waals surface area contributed by atoms with Crippen molar-refractivity contribution in [1.29, 1.82) is 0 Å². The molecular formula is C18H32O. The van der Waals surface area contributed by atoms with Gasteiger partial charge in [-0.3, -0.25) is 4.79 Å². The summed E-state index contributed by atoms with van der Waals surface area (Å²) in [5.41, 5.74) is -0.143. The third kappa shape index (κ3) is 3.06. The van der Waals surface area contributed by atoms with Crippen LogP contribution in [0.15, 0.2) is 0 Å². The molecule has 0 heterocycles. The van der Waals surface area contributed by atoms with Gasteiger partial charge in [0.05, 0.1) is 0 Å². The Morgan fingerprint density at radius 2 is 2.11 bits per heavy atom. The molecule has 0 saturated heterocycles. The first-order chi connectivity index (χ1) is 10.4. The second-order valence-corrected chi connectivity index (χ2v) is 7.27. The van der Waals surface area contributed by atoms with E-state index in [9.17, 15) is 4.79 Å². The fourth-order valence-electron chi connectivity index (χ4n) is 4.32. The Balaban J connectivity index is 2.25. The minimum atomic E-state index is -1.87. The first kappa shape index (κ1) is 10.4. The van der Waals surface area contributed by atoms with Crippen LogP contribution < -0.4 is 0 Å². The monoisotopic (exact) mass is 268 g/mol. The van der Waals surface area contributed by atoms with Crippen LogP contribution >= 0.6 is 0 Å². The number of Topliss-reactive ketones (excluding diaryl/α,β-unsaturated/α-hetero) is 1. The van der Waals surface area contributed by atoms with E-state index < -0.39 is 12.7 Å². The van der Waals surface area contributed by atoms with Crippen LogP contribution in [0.4, 0.5) is 0 Å². The highest BCUT2D eigenvalue weighted by molar-refractivity contribution is 5.83. The second kappa shape index (κ2) is 5.97. The van der Waals surface area contributed by atoms with Gasteiger partial charge in [-0.05, 0) is 48.9 Å². The van der Waals surface area contributed by atoms with E-state index in [4.69, 9.17) is 5.48 Å². The minimum Gasteiger partial charge on any atom is -0.299 e. The number of fused-ring (bicyclic) bond motifs is 1. The van der Waals surface area contributed by atoms with E-state index in [2.05, 4.69) is 6.92 Å². The molecule has 0 N–H and O–H groups in total. The van der Waals surface area contributed by atoms with Gasteiger partial charge in [0, 0.05) is 17.8 Å². The SMILES string of the molecule is [2H]C([2H])(CC(C)C)C([2H])([2H])[C@@H](C)[C@H]1CCC2C(=O)CCC[C@@]21C. The van der Waals surface area contributed by atoms with Crippen molar-refractivity contribution in [3.63, 3.8) is 0 Å². The standard InChI is InChI=1S/C18H32O/c1-13(2)7-5-8-14(3)15-10-11-16-17(19)9-6-12-18(15,16)4/h13-16H,5-12H2,1-4H3/t14-,15-,16?,18-/m1/s1/i5D2,8D2. The van der Waals surface area contributed by atoms with Crippen molar-refractivity contribution in [3.05, 3.63) is 0 Å². The number of carbonyl (C=O) groups is 1. The summed E-state index contributed by atoms with van der Waals surface area (Å²) in [6, 6.07) is 0. The van der Waals surface area contributed by atoms with E-state index in [1.54, 1.807) is 0 Å². The lowest BCUT2D eigenvalue weighted by molar-refractivity contribution is -0.130. The number of rotatable bonds is 5. The summed E-state index contributed by atoms with van der Waals surface area (Å²) < 4.78 is 33.7. The Bertz CT molecular complexity index is 460. The van der Waals surface area contributed by atoms with Gasteiger partial charge in [0.1, 0.15) is 5.78 Å². The summed E-state index contributed by atoms with van der Waals surface area (Å²) in [6.07, 6.45) is 0.768. The molecule has 1 nitrogen and oxygen atoms in total. The van der Waals surface area contributed by atoms with E-state index >= 15 is 0 Å². The predicted molar refractivity (Wildman–Crippen MR) is 81.0 cm³/mol. The maximum Gasteiger partial charge on any atom is 0.136 e. The lowest BCUT2D eigenvalue weighted by Gasteiger charge is -2.42. The van der Waals surface area contributed by atoms with E-state index in [0.29, 0.717) is 12.2 Å². The van der Waals surface area contributed by atoms with Gasteiger partial charge >= 0.3 is 0 Å². The third-order valence-corrected chi connectivity index (χ3v) is 5.38. The zero-order valence-electron chi connectivity index (χ0n) is 17.0. The van der Waals surface area contributed by atoms with Gasteiger partial charge in [-0.15, -0.1) is 0 Å². The normalized spacial score (nSPS) is 41.2. The van der Waals surface area contributed by atoms with Crippen LogP contribution in [0, 0.1) is 29.1 Å². The summed E-state index contributed by atoms with van der Waals surface area (Å²) in [5, 5.41) is 0. The summed E-state index contributed by atoms with van der Waals surface area (Å²) in [7, 11) is 0. The average molecular weight is 268 g/mol. The van der Waals surface area contributed by atoms with Gasteiger partial charge in [-0.2, -0.15) is 0 Å². The Hall–Kier alpha value is -0.330. The third-order valence-electron chi connectivity index (χ3n) is 5.38. The largest absolute Gasteiger partial charge is 0.299 e. The lowest BCUT2D eigenvalue weighted by atomic mass is 9.62. The van der Waals surface area contributed by atoms with Crippen LogP contribution in [-0.2, 0) is 4.79 Å². The minimum absolute atomic E-state index is 0.0652. The van der Waals surface area contributed by atoms with Crippen molar-refractivity contribution in [2.75, 3.05) is 0 Å². The summed E-state index contributed by atoms with van der Waals surface area (Å²) >= 11 is 0. The van der Waals surface area contributed by atoms with E-state index in [0.717, 1.165) is 25.7 Å². The Kier molecular flexibility index (Phi) is 3.27. The Morgan fingerprint density at radius 1 is 1.37 bits per heavy atom. The number of carbonyl (C=O) groups excluding carboxylic acids is 1. The summed E-state index contributed by atoms with van der Waals surface area (Å²) in [6.45, 7) is 7.89. The Morgan fingerprint density at radius 3 is 2.79 bits per heavy atom. The first-order valence-corrected chi connectivity index (χ1v) is 7.96. The molecule has 2 fully saturated rings. The van der Waals surface area contributed by atoms with Crippen LogP contribution in [0.1, 0.15) is 84.4 Å². The van der Waals surface area contributed by atoms with Crippen molar-refractivity contribution in [2.24, 2.45) is 29.1 Å². The first-order valence-electron chi connectivity index (χ1n) is 9.96. The molecule has 1 heteroatoms. The molecule has 2 saturated carbocycles. The molecule has 0 aromatic rings. The second-order valence-electron chi connectivity index (χ2n) is 7.27. The van der Waals surface area contributed by atoms with Crippen molar-refractivity contribution < 1.29 is 10.3 Å². The molecular weight excluding hydrogens is 232 g/mol. The molecule has 0 radical (unpaired) electrons. The van der Waals surface area contributed by atoms with Gasteiger partial charge < -0.3 is 0 Å². The van der Waals surface area contributed by atoms with Gasteiger partial charge in [0.25, 0.3) is 0 Å². The van der Waals surface area contributed by atoms with Crippen molar-refractivity contribution in [2.45, 2.75) is 79.0 Å². The van der Waals surface area contributed by atoms with Crippen LogP contribution in [0.3, 0.4) is 0 Å². The molecule has 19 heavy (non-hydrogen) atoms. The molecule has 1 unspecified atom stereocenters. The summed E-state index contributed by atoms with van der Waals surface area (Å²) in [4.78, 5) is 12.3. The smallest absolute Gasteiger partial charge is 0.136 e. The molecule has 0 spiro atoms. The lowest BCUT2D eigenvalue weighted by Crippen LogP contribution is -2.39. The number of ketones is 1. The topological polar surface area (TPSA) is 17.1 Å². The molecule has 2 aliphatic carbocycles. The molecule has 0 aromatic heterocycles. The molecule has 110 valence electrons. The van der Waals surface area contributed by atoms with Gasteiger partial charge in [0.2, 0.25) is 0 Å². The molecule has 0 bridgehead atoms.